The number of hydrogen-bond acceptors (Lipinski definition) is 3. The van der Waals surface area contributed by atoms with Gasteiger partial charge in [-0.3, -0.25) is 4.79 Å². The van der Waals surface area contributed by atoms with Gasteiger partial charge >= 0.3 is 0 Å². The molecule has 0 amide bonds. The van der Waals surface area contributed by atoms with E-state index in [0.29, 0.717) is 22.7 Å². The molecule has 4 rings (SSSR count). The molecular weight excluding hydrogens is 360 g/mol. The summed E-state index contributed by atoms with van der Waals surface area (Å²) in [5.74, 6) is 1.18. The van der Waals surface area contributed by atoms with Crippen LogP contribution in [0.25, 0.3) is 22.7 Å². The highest BCUT2D eigenvalue weighted by molar-refractivity contribution is 6.32. The summed E-state index contributed by atoms with van der Waals surface area (Å²) in [4.78, 5) is 21.4. The zero-order valence-corrected chi connectivity index (χ0v) is 16.7. The van der Waals surface area contributed by atoms with Crippen LogP contribution in [0.4, 0.5) is 0 Å². The first-order chi connectivity index (χ1) is 14.0. The van der Waals surface area contributed by atoms with E-state index in [1.807, 2.05) is 49.4 Å². The summed E-state index contributed by atoms with van der Waals surface area (Å²) in [6, 6.07) is 21.1. The van der Waals surface area contributed by atoms with Gasteiger partial charge in [0.25, 0.3) is 0 Å². The van der Waals surface area contributed by atoms with Gasteiger partial charge in [0.15, 0.2) is 5.78 Å². The number of aromatic nitrogens is 2. The Balaban J connectivity index is 1.85. The van der Waals surface area contributed by atoms with E-state index < -0.39 is 0 Å². The number of imidazole rings is 1. The zero-order valence-electron chi connectivity index (χ0n) is 16.7. The van der Waals surface area contributed by atoms with Gasteiger partial charge in [-0.15, -0.1) is 0 Å². The fraction of sp³-hybridized carbons (Fsp3) is 0.120. The summed E-state index contributed by atoms with van der Waals surface area (Å²) in [6.45, 7) is 4.11. The number of aryl methyl sites for hydroxylation is 2. The van der Waals surface area contributed by atoms with Gasteiger partial charge in [-0.05, 0) is 67.4 Å². The highest BCUT2D eigenvalue weighted by Crippen LogP contribution is 2.26. The number of benzene rings is 3. The number of nitrogens with one attached hydrogen (secondary N) is 1. The summed E-state index contributed by atoms with van der Waals surface area (Å²) >= 11 is 0. The van der Waals surface area contributed by atoms with Crippen molar-refractivity contribution in [2.75, 3.05) is 7.11 Å². The summed E-state index contributed by atoms with van der Waals surface area (Å²) in [6.07, 6.45) is 1.92. The van der Waals surface area contributed by atoms with Gasteiger partial charge in [-0.25, -0.2) is 4.98 Å². The lowest BCUT2D eigenvalue weighted by atomic mass is 9.97. The second kappa shape index (κ2) is 7.76. The lowest BCUT2D eigenvalue weighted by Crippen LogP contribution is -2.05. The molecule has 1 N–H and O–H groups in total. The Morgan fingerprint density at radius 2 is 1.76 bits per heavy atom. The number of rotatable bonds is 5. The van der Waals surface area contributed by atoms with Crippen LogP contribution >= 0.6 is 0 Å². The minimum atomic E-state index is -0.0910. The second-order valence-corrected chi connectivity index (χ2v) is 7.08. The first kappa shape index (κ1) is 18.7. The van der Waals surface area contributed by atoms with Gasteiger partial charge in [0.1, 0.15) is 11.6 Å². The molecule has 0 aliphatic carbocycles. The third-order valence-electron chi connectivity index (χ3n) is 4.97. The lowest BCUT2D eigenvalue weighted by molar-refractivity contribution is 0.105. The van der Waals surface area contributed by atoms with Crippen LogP contribution in [0.15, 0.2) is 66.7 Å². The average Bonchev–Trinajstić information content (AvgIpc) is 3.16. The Morgan fingerprint density at radius 3 is 2.45 bits per heavy atom. The Kier molecular flexibility index (Phi) is 5.00. The van der Waals surface area contributed by atoms with Crippen LogP contribution in [0.3, 0.4) is 0 Å². The fourth-order valence-electron chi connectivity index (χ4n) is 3.36. The van der Waals surface area contributed by atoms with E-state index >= 15 is 0 Å². The number of Topliss-reactive ketones (excluding diaryl/α,β-unsaturated/α-hetero) is 1. The molecule has 0 fully saturated rings. The number of carbonyl (C=O) groups excluding carboxylic acids is 1. The molecule has 29 heavy (non-hydrogen) atoms. The Morgan fingerprint density at radius 1 is 1.00 bits per heavy atom. The molecule has 0 saturated heterocycles. The average molecular weight is 382 g/mol. The SMILES string of the molecule is COc1ccc(C(=O)/C(=C\c2ccc(C)cc2C)c2nc3ccccc3[nH]2)cc1. The normalized spacial score (nSPS) is 11.6. The van der Waals surface area contributed by atoms with Crippen LogP contribution in [0, 0.1) is 13.8 Å². The molecule has 0 saturated carbocycles. The molecule has 0 bridgehead atoms. The van der Waals surface area contributed by atoms with Crippen molar-refractivity contribution in [1.29, 1.82) is 0 Å². The maximum Gasteiger partial charge on any atom is 0.196 e. The standard InChI is InChI=1S/C25H22N2O2/c1-16-8-9-19(17(2)14-16)15-21(24(28)18-10-12-20(29-3)13-11-18)25-26-22-6-4-5-7-23(22)27-25/h4-15H,1-3H3,(H,26,27)/b21-15+. The van der Waals surface area contributed by atoms with Gasteiger partial charge in [0, 0.05) is 5.56 Å². The Labute approximate surface area is 169 Å². The van der Waals surface area contributed by atoms with E-state index in [2.05, 4.69) is 23.0 Å². The summed E-state index contributed by atoms with van der Waals surface area (Å²) in [7, 11) is 1.61. The third-order valence-corrected chi connectivity index (χ3v) is 4.97. The van der Waals surface area contributed by atoms with Crippen molar-refractivity contribution in [3.8, 4) is 5.75 Å². The molecule has 0 aliphatic rings. The number of H-pyrrole nitrogens is 1. The highest BCUT2D eigenvalue weighted by atomic mass is 16.5. The van der Waals surface area contributed by atoms with Gasteiger partial charge < -0.3 is 9.72 Å². The van der Waals surface area contributed by atoms with E-state index in [9.17, 15) is 4.79 Å². The third kappa shape index (κ3) is 3.83. The van der Waals surface area contributed by atoms with Crippen molar-refractivity contribution >= 4 is 28.5 Å². The smallest absolute Gasteiger partial charge is 0.196 e. The summed E-state index contributed by atoms with van der Waals surface area (Å²) < 4.78 is 5.21. The first-order valence-electron chi connectivity index (χ1n) is 9.48. The molecule has 0 unspecified atom stereocenters. The molecule has 0 radical (unpaired) electrons. The molecule has 0 atom stereocenters. The van der Waals surface area contributed by atoms with E-state index in [-0.39, 0.29) is 5.78 Å². The van der Waals surface area contributed by atoms with Crippen molar-refractivity contribution in [1.82, 2.24) is 9.97 Å². The molecule has 4 nitrogen and oxygen atoms in total. The van der Waals surface area contributed by atoms with Gasteiger partial charge in [0.05, 0.1) is 23.7 Å². The van der Waals surface area contributed by atoms with Crippen LogP contribution in [-0.2, 0) is 0 Å². The van der Waals surface area contributed by atoms with E-state index in [1.165, 1.54) is 5.56 Å². The molecule has 3 aromatic carbocycles. The van der Waals surface area contributed by atoms with Crippen LogP contribution in [0.2, 0.25) is 0 Å². The lowest BCUT2D eigenvalue weighted by Gasteiger charge is -2.08. The second-order valence-electron chi connectivity index (χ2n) is 7.08. The number of nitrogens with zero attached hydrogens (tertiary/aromatic N) is 1. The number of aromatic amines is 1. The van der Waals surface area contributed by atoms with Crippen molar-refractivity contribution in [2.24, 2.45) is 0 Å². The quantitative estimate of drug-likeness (QED) is 0.360. The minimum absolute atomic E-state index is 0.0910. The first-order valence-corrected chi connectivity index (χ1v) is 9.48. The number of hydrogen-bond donors (Lipinski definition) is 1. The van der Waals surface area contributed by atoms with Crippen molar-refractivity contribution in [3.63, 3.8) is 0 Å². The molecule has 1 aromatic heterocycles. The number of methoxy groups -OCH3 is 1. The maximum atomic E-state index is 13.4. The Hall–Kier alpha value is -3.66. The van der Waals surface area contributed by atoms with Gasteiger partial charge in [-0.1, -0.05) is 35.9 Å². The van der Waals surface area contributed by atoms with Crippen LogP contribution in [0.5, 0.6) is 5.75 Å². The predicted molar refractivity (Wildman–Crippen MR) is 117 cm³/mol. The monoisotopic (exact) mass is 382 g/mol. The Bertz CT molecular complexity index is 1180. The number of para-hydroxylation sites is 2. The molecule has 0 spiro atoms. The number of fused-ring (bicyclic) bond motifs is 1. The molecule has 1 heterocycles. The zero-order chi connectivity index (χ0) is 20.4. The summed E-state index contributed by atoms with van der Waals surface area (Å²) in [5, 5.41) is 0. The van der Waals surface area contributed by atoms with Crippen LogP contribution in [0.1, 0.15) is 32.9 Å². The molecule has 4 heteroatoms. The largest absolute Gasteiger partial charge is 0.497 e. The predicted octanol–water partition coefficient (Wildman–Crippen LogP) is 5.61. The van der Waals surface area contributed by atoms with E-state index in [1.54, 1.807) is 31.4 Å². The molecular formula is C25H22N2O2. The van der Waals surface area contributed by atoms with Crippen molar-refractivity contribution < 1.29 is 9.53 Å². The fourth-order valence-corrected chi connectivity index (χ4v) is 3.36. The van der Waals surface area contributed by atoms with Crippen LogP contribution < -0.4 is 4.74 Å². The van der Waals surface area contributed by atoms with Crippen molar-refractivity contribution in [2.45, 2.75) is 13.8 Å². The van der Waals surface area contributed by atoms with Gasteiger partial charge in [-0.2, -0.15) is 0 Å². The molecule has 144 valence electrons. The van der Waals surface area contributed by atoms with E-state index in [4.69, 9.17) is 4.74 Å². The number of carbonyl (C=O) groups is 1. The maximum absolute atomic E-state index is 13.4. The van der Waals surface area contributed by atoms with Crippen LogP contribution in [-0.4, -0.2) is 22.9 Å². The topological polar surface area (TPSA) is 55.0 Å². The number of allylic oxidation sites excluding steroid dienone is 1. The minimum Gasteiger partial charge on any atom is -0.497 e. The van der Waals surface area contributed by atoms with Crippen molar-refractivity contribution in [3.05, 3.63) is 94.8 Å². The molecule has 4 aromatic rings. The van der Waals surface area contributed by atoms with E-state index in [0.717, 1.165) is 22.2 Å². The van der Waals surface area contributed by atoms with Gasteiger partial charge in [0.2, 0.25) is 0 Å². The number of ether oxygens (including phenoxy) is 1. The number of ketones is 1. The molecule has 0 aliphatic heterocycles. The highest BCUT2D eigenvalue weighted by Gasteiger charge is 2.18. The summed E-state index contributed by atoms with van der Waals surface area (Å²) in [5.41, 5.74) is 6.13.